The molecule has 0 saturated heterocycles. The number of rotatable bonds is 10. The van der Waals surface area contributed by atoms with Crippen molar-refractivity contribution in [3.05, 3.63) is 77.3 Å². The van der Waals surface area contributed by atoms with Gasteiger partial charge in [-0.05, 0) is 60.7 Å². The topological polar surface area (TPSA) is 74.5 Å². The van der Waals surface area contributed by atoms with Gasteiger partial charge in [0.2, 0.25) is 5.91 Å². The Kier molecular flexibility index (Phi) is 9.10. The maximum absolute atomic E-state index is 12.6. The van der Waals surface area contributed by atoms with Gasteiger partial charge in [-0.15, -0.1) is 11.8 Å². The summed E-state index contributed by atoms with van der Waals surface area (Å²) in [4.78, 5) is 18.2. The van der Waals surface area contributed by atoms with Crippen molar-refractivity contribution in [3.63, 3.8) is 0 Å². The number of benzene rings is 3. The second kappa shape index (κ2) is 12.2. The number of anilines is 1. The van der Waals surface area contributed by atoms with Crippen LogP contribution >= 0.6 is 23.4 Å². The number of carbonyl (C=O) groups excluding carboxylic acids is 1. The SMILES string of the molecule is CCSc1ccc(CC(=O)Nc2ccc(N=CCC(C)=N)c(Oc3cccc(Cl)c3)c2)cc1. The molecule has 0 spiro atoms. The summed E-state index contributed by atoms with van der Waals surface area (Å²) in [5.41, 5.74) is 2.67. The van der Waals surface area contributed by atoms with E-state index in [1.807, 2.05) is 24.3 Å². The smallest absolute Gasteiger partial charge is 0.228 e. The van der Waals surface area contributed by atoms with E-state index in [1.165, 1.54) is 4.90 Å². The lowest BCUT2D eigenvalue weighted by molar-refractivity contribution is -0.115. The molecule has 0 aliphatic carbocycles. The molecule has 1 amide bonds. The number of aliphatic imine (C=N–C) groups is 1. The fourth-order valence-corrected chi connectivity index (χ4v) is 3.82. The minimum atomic E-state index is -0.115. The second-order valence-electron chi connectivity index (χ2n) is 7.34. The average Bonchev–Trinajstić information content (AvgIpc) is 2.76. The first-order chi connectivity index (χ1) is 15.9. The molecule has 0 heterocycles. The third-order valence-electron chi connectivity index (χ3n) is 4.49. The summed E-state index contributed by atoms with van der Waals surface area (Å²) in [6.45, 7) is 3.84. The van der Waals surface area contributed by atoms with Crippen LogP contribution in [0.1, 0.15) is 25.8 Å². The number of halogens is 1. The Labute approximate surface area is 203 Å². The minimum absolute atomic E-state index is 0.115. The van der Waals surface area contributed by atoms with Crippen LogP contribution in [0, 0.1) is 5.41 Å². The van der Waals surface area contributed by atoms with Gasteiger partial charge in [0.15, 0.2) is 5.75 Å². The lowest BCUT2D eigenvalue weighted by Gasteiger charge is -2.12. The van der Waals surface area contributed by atoms with E-state index < -0.39 is 0 Å². The zero-order valence-electron chi connectivity index (χ0n) is 18.6. The standard InChI is InChI=1S/C26H26ClN3O2S/c1-3-33-23-10-7-19(8-11-23)15-26(31)30-21-9-12-24(29-14-13-18(2)28)25(17-21)32-22-6-4-5-20(27)16-22/h4-12,14,16-17,28H,3,13,15H2,1-2H3,(H,30,31). The van der Waals surface area contributed by atoms with Gasteiger partial charge in [-0.2, -0.15) is 0 Å². The summed E-state index contributed by atoms with van der Waals surface area (Å²) in [7, 11) is 0. The zero-order chi connectivity index (χ0) is 23.6. The molecule has 170 valence electrons. The van der Waals surface area contributed by atoms with Crippen LogP contribution < -0.4 is 10.1 Å². The lowest BCUT2D eigenvalue weighted by Crippen LogP contribution is -2.14. The molecule has 0 fully saturated rings. The first-order valence-corrected chi connectivity index (χ1v) is 11.9. The van der Waals surface area contributed by atoms with E-state index in [9.17, 15) is 4.79 Å². The van der Waals surface area contributed by atoms with Crippen molar-refractivity contribution in [3.8, 4) is 11.5 Å². The van der Waals surface area contributed by atoms with Crippen LogP contribution in [-0.2, 0) is 11.2 Å². The van der Waals surface area contributed by atoms with Crippen molar-refractivity contribution < 1.29 is 9.53 Å². The molecule has 0 atom stereocenters. The van der Waals surface area contributed by atoms with Crippen molar-refractivity contribution in [2.24, 2.45) is 4.99 Å². The van der Waals surface area contributed by atoms with E-state index in [2.05, 4.69) is 17.2 Å². The van der Waals surface area contributed by atoms with Crippen LogP contribution in [-0.4, -0.2) is 23.6 Å². The molecule has 0 aliphatic rings. The largest absolute Gasteiger partial charge is 0.455 e. The predicted octanol–water partition coefficient (Wildman–Crippen LogP) is 7.56. The Morgan fingerprint density at radius 2 is 1.94 bits per heavy atom. The van der Waals surface area contributed by atoms with E-state index in [0.717, 1.165) is 11.3 Å². The Bertz CT molecular complexity index is 1150. The number of hydrogen-bond donors (Lipinski definition) is 2. The van der Waals surface area contributed by atoms with Gasteiger partial charge < -0.3 is 15.5 Å². The molecular weight excluding hydrogens is 454 g/mol. The first-order valence-electron chi connectivity index (χ1n) is 10.6. The molecule has 3 rings (SSSR count). The summed E-state index contributed by atoms with van der Waals surface area (Å²) in [6.07, 6.45) is 2.39. The van der Waals surface area contributed by atoms with Gasteiger partial charge in [0.25, 0.3) is 0 Å². The van der Waals surface area contributed by atoms with Crippen LogP contribution in [0.3, 0.4) is 0 Å². The Morgan fingerprint density at radius 3 is 2.64 bits per heavy atom. The minimum Gasteiger partial charge on any atom is -0.455 e. The maximum atomic E-state index is 12.6. The molecule has 0 aliphatic heterocycles. The number of amides is 1. The molecule has 2 N–H and O–H groups in total. The molecule has 0 bridgehead atoms. The van der Waals surface area contributed by atoms with E-state index in [4.69, 9.17) is 21.7 Å². The third-order valence-corrected chi connectivity index (χ3v) is 5.62. The molecule has 7 heteroatoms. The molecule has 3 aromatic carbocycles. The van der Waals surface area contributed by atoms with Gasteiger partial charge in [-0.3, -0.25) is 9.79 Å². The highest BCUT2D eigenvalue weighted by molar-refractivity contribution is 7.99. The lowest BCUT2D eigenvalue weighted by atomic mass is 10.1. The number of nitrogens with zero attached hydrogens (tertiary/aromatic N) is 1. The number of thioether (sulfide) groups is 1. The average molecular weight is 480 g/mol. The summed E-state index contributed by atoms with van der Waals surface area (Å²) in [5.74, 6) is 1.95. The van der Waals surface area contributed by atoms with Crippen molar-refractivity contribution in [2.45, 2.75) is 31.6 Å². The third kappa shape index (κ3) is 8.08. The summed E-state index contributed by atoms with van der Waals surface area (Å²) in [5, 5.41) is 11.1. The van der Waals surface area contributed by atoms with Crippen LogP contribution in [0.25, 0.3) is 0 Å². The summed E-state index contributed by atoms with van der Waals surface area (Å²) < 4.78 is 6.02. The van der Waals surface area contributed by atoms with E-state index >= 15 is 0 Å². The molecule has 5 nitrogen and oxygen atoms in total. The van der Waals surface area contributed by atoms with Gasteiger partial charge in [-0.1, -0.05) is 36.7 Å². The molecule has 0 aromatic heterocycles. The van der Waals surface area contributed by atoms with Gasteiger partial charge in [0.05, 0.1) is 6.42 Å². The monoisotopic (exact) mass is 479 g/mol. The van der Waals surface area contributed by atoms with Crippen molar-refractivity contribution in [1.82, 2.24) is 0 Å². The Hall–Kier alpha value is -3.09. The fourth-order valence-electron chi connectivity index (χ4n) is 2.98. The Morgan fingerprint density at radius 1 is 1.15 bits per heavy atom. The summed E-state index contributed by atoms with van der Waals surface area (Å²) in [6, 6.07) is 20.4. The maximum Gasteiger partial charge on any atom is 0.228 e. The van der Waals surface area contributed by atoms with Crippen molar-refractivity contribution >= 4 is 52.6 Å². The molecule has 0 unspecified atom stereocenters. The zero-order valence-corrected chi connectivity index (χ0v) is 20.2. The molecule has 0 radical (unpaired) electrons. The number of carbonyl (C=O) groups is 1. The van der Waals surface area contributed by atoms with Crippen LogP contribution in [0.5, 0.6) is 11.5 Å². The van der Waals surface area contributed by atoms with Gasteiger partial charge in [-0.25, -0.2) is 0 Å². The highest BCUT2D eigenvalue weighted by Crippen LogP contribution is 2.35. The summed E-state index contributed by atoms with van der Waals surface area (Å²) >= 11 is 7.85. The molecule has 33 heavy (non-hydrogen) atoms. The van der Waals surface area contributed by atoms with Crippen LogP contribution in [0.2, 0.25) is 5.02 Å². The molecule has 3 aromatic rings. The van der Waals surface area contributed by atoms with Crippen LogP contribution in [0.15, 0.2) is 76.6 Å². The second-order valence-corrected chi connectivity index (χ2v) is 9.11. The number of ether oxygens (including phenoxy) is 1. The Balaban J connectivity index is 1.76. The number of nitrogens with one attached hydrogen (secondary N) is 2. The highest BCUT2D eigenvalue weighted by Gasteiger charge is 2.10. The van der Waals surface area contributed by atoms with Gasteiger partial charge in [0, 0.05) is 40.0 Å². The highest BCUT2D eigenvalue weighted by atomic mass is 35.5. The molecule has 0 saturated carbocycles. The van der Waals surface area contributed by atoms with Crippen LogP contribution in [0.4, 0.5) is 11.4 Å². The first kappa shape index (κ1) is 24.6. The van der Waals surface area contributed by atoms with Crippen molar-refractivity contribution in [2.75, 3.05) is 11.1 Å². The van der Waals surface area contributed by atoms with E-state index in [-0.39, 0.29) is 12.3 Å². The van der Waals surface area contributed by atoms with E-state index in [1.54, 1.807) is 67.4 Å². The van der Waals surface area contributed by atoms with Crippen molar-refractivity contribution in [1.29, 1.82) is 5.41 Å². The van der Waals surface area contributed by atoms with E-state index in [0.29, 0.717) is 40.0 Å². The quantitative estimate of drug-likeness (QED) is 0.233. The predicted molar refractivity (Wildman–Crippen MR) is 139 cm³/mol. The number of hydrogen-bond acceptors (Lipinski definition) is 5. The van der Waals surface area contributed by atoms with Gasteiger partial charge in [0.1, 0.15) is 11.4 Å². The normalized spacial score (nSPS) is 10.9. The van der Waals surface area contributed by atoms with Gasteiger partial charge >= 0.3 is 0 Å². The molecular formula is C26H26ClN3O2S. The fraction of sp³-hybridized carbons (Fsp3) is 0.192.